The van der Waals surface area contributed by atoms with Crippen LogP contribution in [0.15, 0.2) is 48.7 Å². The maximum Gasteiger partial charge on any atom is 0.0651 e. The first kappa shape index (κ1) is 17.8. The van der Waals surface area contributed by atoms with E-state index in [1.807, 2.05) is 12.3 Å². The zero-order chi connectivity index (χ0) is 14.1. The van der Waals surface area contributed by atoms with Crippen LogP contribution in [0.2, 0.25) is 0 Å². The summed E-state index contributed by atoms with van der Waals surface area (Å²) in [5.74, 6) is 0. The molecule has 1 aliphatic rings. The van der Waals surface area contributed by atoms with Gasteiger partial charge in [-0.15, -0.1) is 24.8 Å². The molecule has 1 aliphatic carbocycles. The summed E-state index contributed by atoms with van der Waals surface area (Å²) in [4.78, 5) is 4.51. The summed E-state index contributed by atoms with van der Waals surface area (Å²) in [6.07, 6.45) is 8.31. The maximum atomic E-state index is 4.51. The van der Waals surface area contributed by atoms with Crippen LogP contribution in [0, 0.1) is 0 Å². The molecule has 4 heteroatoms. The van der Waals surface area contributed by atoms with Gasteiger partial charge in [-0.25, -0.2) is 0 Å². The van der Waals surface area contributed by atoms with Gasteiger partial charge in [-0.3, -0.25) is 4.98 Å². The summed E-state index contributed by atoms with van der Waals surface area (Å²) in [5.41, 5.74) is 5.64. The van der Waals surface area contributed by atoms with Crippen molar-refractivity contribution in [1.29, 1.82) is 0 Å². The Balaban J connectivity index is 0.000000960. The standard InChI is InChI=1S/C19H20N2.2ClH/c1-2-9-16-17-10-4-5-12-19(17)21(18(16)11-3-1)14-15-8-6-7-13-20-15;;/h4-8,10,12-13H,1-3,9,11,14H2;2*1H. The van der Waals surface area contributed by atoms with Crippen molar-refractivity contribution in [1.82, 2.24) is 9.55 Å². The number of fused-ring (bicyclic) bond motifs is 3. The first-order valence-corrected chi connectivity index (χ1v) is 7.92. The maximum absolute atomic E-state index is 4.51. The molecule has 0 saturated carbocycles. The van der Waals surface area contributed by atoms with E-state index in [0.717, 1.165) is 12.2 Å². The number of halogens is 2. The molecular formula is C19H22Cl2N2. The predicted molar refractivity (Wildman–Crippen MR) is 101 cm³/mol. The van der Waals surface area contributed by atoms with Crippen LogP contribution in [0.1, 0.15) is 36.2 Å². The minimum atomic E-state index is 0. The number of aryl methyl sites for hydroxylation is 1. The van der Waals surface area contributed by atoms with Crippen molar-refractivity contribution in [2.24, 2.45) is 0 Å². The fourth-order valence-corrected chi connectivity index (χ4v) is 3.60. The van der Waals surface area contributed by atoms with E-state index in [2.05, 4.69) is 45.9 Å². The van der Waals surface area contributed by atoms with Crippen LogP contribution in [-0.4, -0.2) is 9.55 Å². The average Bonchev–Trinajstić information content (AvgIpc) is 2.69. The van der Waals surface area contributed by atoms with Gasteiger partial charge in [0.15, 0.2) is 0 Å². The van der Waals surface area contributed by atoms with E-state index in [9.17, 15) is 0 Å². The van der Waals surface area contributed by atoms with Gasteiger partial charge in [-0.1, -0.05) is 30.7 Å². The molecule has 2 heterocycles. The highest BCUT2D eigenvalue weighted by Crippen LogP contribution is 2.31. The topological polar surface area (TPSA) is 17.8 Å². The van der Waals surface area contributed by atoms with Crippen molar-refractivity contribution in [3.05, 3.63) is 65.6 Å². The van der Waals surface area contributed by atoms with Crippen LogP contribution in [0.3, 0.4) is 0 Å². The summed E-state index contributed by atoms with van der Waals surface area (Å²) in [7, 11) is 0. The molecule has 0 atom stereocenters. The molecule has 0 unspecified atom stereocenters. The molecule has 0 radical (unpaired) electrons. The molecule has 0 fully saturated rings. The molecule has 1 aromatic carbocycles. The largest absolute Gasteiger partial charge is 0.338 e. The van der Waals surface area contributed by atoms with Crippen molar-refractivity contribution in [3.8, 4) is 0 Å². The minimum absolute atomic E-state index is 0. The van der Waals surface area contributed by atoms with Gasteiger partial charge in [0.25, 0.3) is 0 Å². The van der Waals surface area contributed by atoms with Gasteiger partial charge >= 0.3 is 0 Å². The van der Waals surface area contributed by atoms with Crippen molar-refractivity contribution < 1.29 is 0 Å². The van der Waals surface area contributed by atoms with E-state index in [-0.39, 0.29) is 24.8 Å². The van der Waals surface area contributed by atoms with E-state index in [0.29, 0.717) is 0 Å². The molecule has 122 valence electrons. The Hall–Kier alpha value is -1.51. The Kier molecular flexibility index (Phi) is 6.09. The fourth-order valence-electron chi connectivity index (χ4n) is 3.60. The Bertz CT molecular complexity index is 766. The third kappa shape index (κ3) is 3.39. The molecule has 0 aliphatic heterocycles. The van der Waals surface area contributed by atoms with Crippen molar-refractivity contribution in [3.63, 3.8) is 0 Å². The second kappa shape index (κ2) is 7.85. The normalized spacial score (nSPS) is 13.6. The summed E-state index contributed by atoms with van der Waals surface area (Å²) >= 11 is 0. The van der Waals surface area contributed by atoms with Crippen LogP contribution in [0.4, 0.5) is 0 Å². The molecule has 0 spiro atoms. The molecule has 0 N–H and O–H groups in total. The Morgan fingerprint density at radius 3 is 2.48 bits per heavy atom. The highest BCUT2D eigenvalue weighted by Gasteiger charge is 2.18. The Morgan fingerprint density at radius 2 is 1.65 bits per heavy atom. The number of nitrogens with zero attached hydrogens (tertiary/aromatic N) is 2. The number of hydrogen-bond donors (Lipinski definition) is 0. The number of hydrogen-bond acceptors (Lipinski definition) is 1. The zero-order valence-electron chi connectivity index (χ0n) is 13.1. The van der Waals surface area contributed by atoms with Crippen LogP contribution in [0.25, 0.3) is 10.9 Å². The third-order valence-electron chi connectivity index (χ3n) is 4.58. The molecule has 0 saturated heterocycles. The van der Waals surface area contributed by atoms with Crippen molar-refractivity contribution in [2.75, 3.05) is 0 Å². The molecule has 3 aromatic rings. The quantitative estimate of drug-likeness (QED) is 0.582. The summed E-state index contributed by atoms with van der Waals surface area (Å²) in [5, 5.41) is 1.45. The van der Waals surface area contributed by atoms with Gasteiger partial charge in [-0.05, 0) is 49.4 Å². The molecular weight excluding hydrogens is 327 g/mol. The molecule has 0 bridgehead atoms. The lowest BCUT2D eigenvalue weighted by Crippen LogP contribution is -2.06. The van der Waals surface area contributed by atoms with Crippen molar-refractivity contribution in [2.45, 2.75) is 38.6 Å². The molecule has 2 aromatic heterocycles. The summed E-state index contributed by atoms with van der Waals surface area (Å²) in [6, 6.07) is 15.0. The first-order chi connectivity index (χ1) is 10.4. The van der Waals surface area contributed by atoms with E-state index in [4.69, 9.17) is 0 Å². The van der Waals surface area contributed by atoms with Gasteiger partial charge in [0, 0.05) is 22.8 Å². The van der Waals surface area contributed by atoms with Gasteiger partial charge in [0.1, 0.15) is 0 Å². The van der Waals surface area contributed by atoms with Crippen LogP contribution < -0.4 is 0 Å². The SMILES string of the molecule is Cl.Cl.c1ccc(Cn2c3c(c4ccccc42)CCCCC3)nc1. The number of aromatic nitrogens is 2. The molecule has 2 nitrogen and oxygen atoms in total. The van der Waals surface area contributed by atoms with E-state index in [1.165, 1.54) is 43.0 Å². The first-order valence-electron chi connectivity index (χ1n) is 7.92. The Morgan fingerprint density at radius 1 is 0.870 bits per heavy atom. The summed E-state index contributed by atoms with van der Waals surface area (Å²) in [6.45, 7) is 0.886. The third-order valence-corrected chi connectivity index (χ3v) is 4.58. The van der Waals surface area contributed by atoms with E-state index < -0.39 is 0 Å². The van der Waals surface area contributed by atoms with Gasteiger partial charge in [0.2, 0.25) is 0 Å². The van der Waals surface area contributed by atoms with Crippen LogP contribution >= 0.6 is 24.8 Å². The lowest BCUT2D eigenvalue weighted by molar-refractivity contribution is 0.684. The van der Waals surface area contributed by atoms with Gasteiger partial charge in [0.05, 0.1) is 12.2 Å². The number of pyridine rings is 1. The predicted octanol–water partition coefficient (Wildman–Crippen LogP) is 5.20. The minimum Gasteiger partial charge on any atom is -0.338 e. The van der Waals surface area contributed by atoms with E-state index in [1.54, 1.807) is 11.3 Å². The van der Waals surface area contributed by atoms with E-state index >= 15 is 0 Å². The number of para-hydroxylation sites is 1. The van der Waals surface area contributed by atoms with Crippen molar-refractivity contribution >= 4 is 35.7 Å². The summed E-state index contributed by atoms with van der Waals surface area (Å²) < 4.78 is 2.50. The second-order valence-corrected chi connectivity index (χ2v) is 5.91. The van der Waals surface area contributed by atoms with Crippen LogP contribution in [0.5, 0.6) is 0 Å². The number of benzene rings is 1. The fraction of sp³-hybridized carbons (Fsp3) is 0.316. The molecule has 23 heavy (non-hydrogen) atoms. The monoisotopic (exact) mass is 348 g/mol. The molecule has 0 amide bonds. The van der Waals surface area contributed by atoms with Crippen LogP contribution in [-0.2, 0) is 19.4 Å². The lowest BCUT2D eigenvalue weighted by Gasteiger charge is -2.10. The Labute approximate surface area is 149 Å². The second-order valence-electron chi connectivity index (χ2n) is 5.91. The molecule has 4 rings (SSSR count). The van der Waals surface area contributed by atoms with Gasteiger partial charge < -0.3 is 4.57 Å². The highest BCUT2D eigenvalue weighted by atomic mass is 35.5. The smallest absolute Gasteiger partial charge is 0.0651 e. The average molecular weight is 349 g/mol. The van der Waals surface area contributed by atoms with Gasteiger partial charge in [-0.2, -0.15) is 0 Å². The highest BCUT2D eigenvalue weighted by molar-refractivity contribution is 5.86. The zero-order valence-corrected chi connectivity index (χ0v) is 14.7. The lowest BCUT2D eigenvalue weighted by atomic mass is 10.1. The number of rotatable bonds is 2.